The molecule has 0 N–H and O–H groups in total. The Morgan fingerprint density at radius 3 is 2.65 bits per heavy atom. The van der Waals surface area contributed by atoms with E-state index in [2.05, 4.69) is 36.8 Å². The Bertz CT molecular complexity index is 511. The van der Waals surface area contributed by atoms with E-state index >= 15 is 0 Å². The maximum absolute atomic E-state index is 6.06. The molecule has 88 valence electrons. The molecule has 5 heteroatoms. The zero-order chi connectivity index (χ0) is 12.4. The van der Waals surface area contributed by atoms with Gasteiger partial charge in [0, 0.05) is 10.7 Å². The fourth-order valence-electron chi connectivity index (χ4n) is 1.26. The van der Waals surface area contributed by atoms with Gasteiger partial charge in [-0.2, -0.15) is 0 Å². The Kier molecular flexibility index (Phi) is 4.07. The molecule has 1 aromatic carbocycles. The third-order valence-corrected chi connectivity index (χ3v) is 3.40. The first-order valence-corrected chi connectivity index (χ1v) is 6.78. The van der Waals surface area contributed by atoms with Gasteiger partial charge in [0.15, 0.2) is 0 Å². The molecule has 0 saturated heterocycles. The average Bonchev–Trinajstić information content (AvgIpc) is 2.25. The molecule has 2 nitrogen and oxygen atoms in total. The summed E-state index contributed by atoms with van der Waals surface area (Å²) < 4.78 is 7.35. The van der Waals surface area contributed by atoms with Crippen LogP contribution >= 0.6 is 43.5 Å². The van der Waals surface area contributed by atoms with Crippen LogP contribution in [-0.4, -0.2) is 4.98 Å². The van der Waals surface area contributed by atoms with Gasteiger partial charge in [-0.1, -0.05) is 27.5 Å². The summed E-state index contributed by atoms with van der Waals surface area (Å²) in [4.78, 5) is 4.20. The monoisotopic (exact) mass is 375 g/mol. The second kappa shape index (κ2) is 5.38. The number of aryl methyl sites for hydroxylation is 1. The molecule has 2 aromatic rings. The quantitative estimate of drug-likeness (QED) is 0.703. The SMILES string of the molecule is Cc1cnc(Oc2ccc(Br)cc2Cl)c(Br)c1. The lowest BCUT2D eigenvalue weighted by Gasteiger charge is -2.08. The predicted molar refractivity (Wildman–Crippen MR) is 75.9 cm³/mol. The van der Waals surface area contributed by atoms with Crippen molar-refractivity contribution in [1.82, 2.24) is 4.98 Å². The average molecular weight is 377 g/mol. The van der Waals surface area contributed by atoms with E-state index in [0.717, 1.165) is 14.5 Å². The molecule has 0 saturated carbocycles. The third-order valence-electron chi connectivity index (χ3n) is 2.04. The van der Waals surface area contributed by atoms with Crippen LogP contribution in [0.1, 0.15) is 5.56 Å². The van der Waals surface area contributed by atoms with Gasteiger partial charge in [0.05, 0.1) is 9.50 Å². The molecule has 0 atom stereocenters. The Morgan fingerprint density at radius 2 is 2.00 bits per heavy atom. The molecule has 2 rings (SSSR count). The van der Waals surface area contributed by atoms with E-state index in [1.165, 1.54) is 0 Å². The van der Waals surface area contributed by atoms with Crippen molar-refractivity contribution in [2.45, 2.75) is 6.92 Å². The zero-order valence-electron chi connectivity index (χ0n) is 8.88. The number of hydrogen-bond acceptors (Lipinski definition) is 2. The Hall–Kier alpha value is -0.580. The molecule has 0 aliphatic rings. The number of benzene rings is 1. The van der Waals surface area contributed by atoms with E-state index < -0.39 is 0 Å². The van der Waals surface area contributed by atoms with Gasteiger partial charge in [-0.15, -0.1) is 0 Å². The van der Waals surface area contributed by atoms with Crippen molar-refractivity contribution in [3.63, 3.8) is 0 Å². The molecule has 0 unspecified atom stereocenters. The van der Waals surface area contributed by atoms with E-state index in [-0.39, 0.29) is 0 Å². The minimum absolute atomic E-state index is 0.500. The van der Waals surface area contributed by atoms with Crippen molar-refractivity contribution in [3.8, 4) is 11.6 Å². The van der Waals surface area contributed by atoms with Crippen LogP contribution in [0.3, 0.4) is 0 Å². The van der Waals surface area contributed by atoms with Crippen LogP contribution in [0.25, 0.3) is 0 Å². The van der Waals surface area contributed by atoms with Crippen LogP contribution in [0.2, 0.25) is 5.02 Å². The lowest BCUT2D eigenvalue weighted by molar-refractivity contribution is 0.459. The minimum Gasteiger partial charge on any atom is -0.436 e. The fraction of sp³-hybridized carbons (Fsp3) is 0.0833. The highest BCUT2D eigenvalue weighted by Gasteiger charge is 2.08. The molecule has 0 radical (unpaired) electrons. The predicted octanol–water partition coefficient (Wildman–Crippen LogP) is 5.36. The van der Waals surface area contributed by atoms with Crippen LogP contribution in [0, 0.1) is 6.92 Å². The van der Waals surface area contributed by atoms with Crippen LogP contribution in [0.4, 0.5) is 0 Å². The molecular weight excluding hydrogens is 369 g/mol. The van der Waals surface area contributed by atoms with Crippen molar-refractivity contribution in [3.05, 3.63) is 50.0 Å². The molecule has 0 bridgehead atoms. The highest BCUT2D eigenvalue weighted by atomic mass is 79.9. The molecule has 0 fully saturated rings. The first-order chi connectivity index (χ1) is 8.06. The number of halogens is 3. The summed E-state index contributed by atoms with van der Waals surface area (Å²) in [6.07, 6.45) is 1.74. The highest BCUT2D eigenvalue weighted by molar-refractivity contribution is 9.10. The highest BCUT2D eigenvalue weighted by Crippen LogP contribution is 2.33. The smallest absolute Gasteiger partial charge is 0.233 e. The van der Waals surface area contributed by atoms with Crippen molar-refractivity contribution >= 4 is 43.5 Å². The maximum atomic E-state index is 6.06. The molecular formula is C12H8Br2ClNO. The fourth-order valence-corrected chi connectivity index (χ4v) is 2.51. The molecule has 0 aliphatic heterocycles. The second-order valence-electron chi connectivity index (χ2n) is 3.48. The van der Waals surface area contributed by atoms with Gasteiger partial charge >= 0.3 is 0 Å². The number of pyridine rings is 1. The zero-order valence-corrected chi connectivity index (χ0v) is 12.8. The van der Waals surface area contributed by atoms with Gasteiger partial charge in [0.2, 0.25) is 5.88 Å². The van der Waals surface area contributed by atoms with E-state index in [1.54, 1.807) is 18.3 Å². The van der Waals surface area contributed by atoms with Crippen LogP contribution < -0.4 is 4.74 Å². The van der Waals surface area contributed by atoms with E-state index in [4.69, 9.17) is 16.3 Å². The van der Waals surface area contributed by atoms with E-state index in [1.807, 2.05) is 19.1 Å². The summed E-state index contributed by atoms with van der Waals surface area (Å²) in [5, 5.41) is 0.536. The number of ether oxygens (including phenoxy) is 1. The second-order valence-corrected chi connectivity index (χ2v) is 5.65. The Labute approximate surface area is 121 Å². The summed E-state index contributed by atoms with van der Waals surface area (Å²) in [5.41, 5.74) is 1.06. The van der Waals surface area contributed by atoms with Gasteiger partial charge in [-0.05, 0) is 52.7 Å². The van der Waals surface area contributed by atoms with Crippen molar-refractivity contribution < 1.29 is 4.74 Å². The summed E-state index contributed by atoms with van der Waals surface area (Å²) in [6, 6.07) is 7.37. The van der Waals surface area contributed by atoms with Crippen LogP contribution in [0.5, 0.6) is 11.6 Å². The minimum atomic E-state index is 0.500. The van der Waals surface area contributed by atoms with E-state index in [9.17, 15) is 0 Å². The third kappa shape index (κ3) is 3.21. The lowest BCUT2D eigenvalue weighted by atomic mass is 10.3. The van der Waals surface area contributed by atoms with Crippen LogP contribution in [0.15, 0.2) is 39.4 Å². The topological polar surface area (TPSA) is 22.1 Å². The molecule has 0 aliphatic carbocycles. The number of aromatic nitrogens is 1. The van der Waals surface area contributed by atoms with Gasteiger partial charge in [-0.3, -0.25) is 0 Å². The Morgan fingerprint density at radius 1 is 1.24 bits per heavy atom. The normalized spacial score (nSPS) is 10.4. The van der Waals surface area contributed by atoms with Crippen molar-refractivity contribution in [2.75, 3.05) is 0 Å². The lowest BCUT2D eigenvalue weighted by Crippen LogP contribution is -1.90. The van der Waals surface area contributed by atoms with E-state index in [0.29, 0.717) is 16.7 Å². The number of hydrogen-bond donors (Lipinski definition) is 0. The molecule has 1 heterocycles. The maximum Gasteiger partial charge on any atom is 0.233 e. The van der Waals surface area contributed by atoms with Crippen LogP contribution in [-0.2, 0) is 0 Å². The van der Waals surface area contributed by atoms with Gasteiger partial charge in [-0.25, -0.2) is 4.98 Å². The van der Waals surface area contributed by atoms with Gasteiger partial charge < -0.3 is 4.74 Å². The number of rotatable bonds is 2. The Balaban J connectivity index is 2.31. The van der Waals surface area contributed by atoms with Crippen molar-refractivity contribution in [1.29, 1.82) is 0 Å². The molecule has 1 aromatic heterocycles. The summed E-state index contributed by atoms with van der Waals surface area (Å²) in [7, 11) is 0. The largest absolute Gasteiger partial charge is 0.436 e. The summed E-state index contributed by atoms with van der Waals surface area (Å²) >= 11 is 12.8. The standard InChI is InChI=1S/C12H8Br2ClNO/c1-7-4-9(14)12(16-6-7)17-11-3-2-8(13)5-10(11)15/h2-6H,1H3. The molecule has 0 amide bonds. The van der Waals surface area contributed by atoms with Gasteiger partial charge in [0.1, 0.15) is 5.75 Å². The number of nitrogens with zero attached hydrogens (tertiary/aromatic N) is 1. The first kappa shape index (κ1) is 12.9. The molecule has 0 spiro atoms. The first-order valence-electron chi connectivity index (χ1n) is 4.81. The van der Waals surface area contributed by atoms with Gasteiger partial charge in [0.25, 0.3) is 0 Å². The summed E-state index contributed by atoms with van der Waals surface area (Å²) in [6.45, 7) is 1.97. The van der Waals surface area contributed by atoms with Crippen molar-refractivity contribution in [2.24, 2.45) is 0 Å². The summed E-state index contributed by atoms with van der Waals surface area (Å²) in [5.74, 6) is 1.08. The molecule has 17 heavy (non-hydrogen) atoms.